The van der Waals surface area contributed by atoms with E-state index in [0.717, 1.165) is 48.9 Å². The van der Waals surface area contributed by atoms with E-state index < -0.39 is 5.79 Å². The highest BCUT2D eigenvalue weighted by Crippen LogP contribution is 2.47. The summed E-state index contributed by atoms with van der Waals surface area (Å²) in [5.41, 5.74) is 5.11. The number of nitrogens with zero attached hydrogens (tertiary/aromatic N) is 7. The maximum Gasteiger partial charge on any atom is 0.416 e. The average Bonchev–Trinajstić information content (AvgIpc) is 3.35. The molecule has 0 spiro atoms. The molecule has 12 rings (SSSR count). The van der Waals surface area contributed by atoms with Crippen LogP contribution in [0.1, 0.15) is 20.9 Å². The molecule has 8 bridgehead atoms. The molecular formula is C35H28N7S4+. The summed E-state index contributed by atoms with van der Waals surface area (Å²) in [5, 5.41) is 15.1. The summed E-state index contributed by atoms with van der Waals surface area (Å²) in [5.74, 6) is 4.23. The van der Waals surface area contributed by atoms with E-state index >= 15 is 0 Å². The number of thioether (sulfide) groups is 2. The standard InChI is InChI=1S/C35H28N7S4/c1-5-24-6-2-22(1)15-40(20-43-17-30-26-9-11-36-13-28(26)32(24)45-30)34-38-39-35(19-42(34)35)41-16-23-3-7-25(8-4-23)33-29-14-37-12-10-27(29)31(46-33)18-44-21-41/h1-14H,15-21H2/q+1. The molecule has 1 unspecified atom stereocenters. The van der Waals surface area contributed by atoms with Gasteiger partial charge in [0.1, 0.15) is 12.4 Å². The van der Waals surface area contributed by atoms with Crippen LogP contribution in [0, 0.1) is 0 Å². The van der Waals surface area contributed by atoms with Gasteiger partial charge in [-0.2, -0.15) is 0 Å². The Bertz CT molecular complexity index is 2220. The first-order valence-electron chi connectivity index (χ1n) is 15.4. The van der Waals surface area contributed by atoms with Crippen LogP contribution in [0.25, 0.3) is 42.4 Å². The molecule has 0 saturated carbocycles. The first kappa shape index (κ1) is 27.5. The van der Waals surface area contributed by atoms with Crippen LogP contribution in [-0.4, -0.2) is 54.4 Å². The molecule has 11 heteroatoms. The molecule has 0 aliphatic carbocycles. The summed E-state index contributed by atoms with van der Waals surface area (Å²) in [6.07, 6.45) is 7.87. The van der Waals surface area contributed by atoms with E-state index in [-0.39, 0.29) is 0 Å². The monoisotopic (exact) mass is 674 g/mol. The average molecular weight is 675 g/mol. The number of azo groups is 1. The fourth-order valence-corrected chi connectivity index (χ4v) is 11.8. The van der Waals surface area contributed by atoms with Crippen molar-refractivity contribution < 1.29 is 4.58 Å². The predicted octanol–water partition coefficient (Wildman–Crippen LogP) is 8.45. The van der Waals surface area contributed by atoms with Gasteiger partial charge >= 0.3 is 11.7 Å². The lowest BCUT2D eigenvalue weighted by Gasteiger charge is -2.24. The zero-order valence-electron chi connectivity index (χ0n) is 24.8. The quantitative estimate of drug-likeness (QED) is 0.129. The van der Waals surface area contributed by atoms with Crippen molar-refractivity contribution in [3.05, 3.63) is 106 Å². The largest absolute Gasteiger partial charge is 0.416 e. The second kappa shape index (κ2) is 10.7. The molecule has 6 aliphatic heterocycles. The number of hydrogen-bond donors (Lipinski definition) is 0. The zero-order valence-corrected chi connectivity index (χ0v) is 28.1. The number of hydrogen-bond acceptors (Lipinski definition) is 8. The van der Waals surface area contributed by atoms with Crippen LogP contribution in [0.2, 0.25) is 0 Å². The lowest BCUT2D eigenvalue weighted by Crippen LogP contribution is -2.39. The number of rotatable bonds is 1. The van der Waals surface area contributed by atoms with E-state index in [0.29, 0.717) is 0 Å². The van der Waals surface area contributed by atoms with Crippen LogP contribution in [0.4, 0.5) is 0 Å². The summed E-state index contributed by atoms with van der Waals surface area (Å²) in [7, 11) is 0. The topological polar surface area (TPSA) is 59.8 Å². The highest BCUT2D eigenvalue weighted by molar-refractivity contribution is 7.98. The van der Waals surface area contributed by atoms with Crippen LogP contribution in [0.3, 0.4) is 0 Å². The highest BCUT2D eigenvalue weighted by Gasteiger charge is 2.71. The normalized spacial score (nSPS) is 22.5. The first-order valence-corrected chi connectivity index (χ1v) is 19.3. The third-order valence-electron chi connectivity index (χ3n) is 9.35. The van der Waals surface area contributed by atoms with Gasteiger partial charge in [0.15, 0.2) is 0 Å². The lowest BCUT2D eigenvalue weighted by molar-refractivity contribution is -0.528. The minimum absolute atomic E-state index is 0.415. The summed E-state index contributed by atoms with van der Waals surface area (Å²) in [6.45, 7) is 2.51. The van der Waals surface area contributed by atoms with Gasteiger partial charge in [-0.3, -0.25) is 9.97 Å². The molecule has 1 saturated heterocycles. The third kappa shape index (κ3) is 4.40. The van der Waals surface area contributed by atoms with Crippen LogP contribution < -0.4 is 0 Å². The minimum atomic E-state index is -0.415. The zero-order chi connectivity index (χ0) is 30.2. The van der Waals surface area contributed by atoms with Crippen molar-refractivity contribution in [2.24, 2.45) is 10.2 Å². The molecule has 1 fully saturated rings. The smallest absolute Gasteiger partial charge is 0.264 e. The number of pyridine rings is 2. The Morgan fingerprint density at radius 1 is 0.696 bits per heavy atom. The molecule has 226 valence electrons. The lowest BCUT2D eigenvalue weighted by atomic mass is 10.1. The van der Waals surface area contributed by atoms with Crippen LogP contribution >= 0.6 is 46.2 Å². The van der Waals surface area contributed by atoms with Crippen LogP contribution in [0.15, 0.2) is 95.7 Å². The van der Waals surface area contributed by atoms with Gasteiger partial charge in [-0.05, 0) is 39.5 Å². The van der Waals surface area contributed by atoms with E-state index in [1.54, 1.807) is 0 Å². The molecule has 0 amide bonds. The number of benzene rings is 2. The van der Waals surface area contributed by atoms with E-state index in [1.807, 2.05) is 71.0 Å². The Kier molecular flexibility index (Phi) is 6.40. The van der Waals surface area contributed by atoms with Crippen molar-refractivity contribution in [2.75, 3.05) is 18.3 Å². The van der Waals surface area contributed by atoms with Crippen molar-refractivity contribution >= 4 is 73.7 Å². The molecule has 46 heavy (non-hydrogen) atoms. The SMILES string of the molecule is c1cc2c3sc(c2cn1)-c1ccc(cc1)CN(C12CN1C(=[N+]1CSCc4sc(c5cnccc45)-c4ccc(cc4)C1)N=N2)CSC3. The number of guanidine groups is 1. The van der Waals surface area contributed by atoms with Crippen molar-refractivity contribution in [1.29, 1.82) is 0 Å². The Morgan fingerprint density at radius 2 is 1.33 bits per heavy atom. The van der Waals surface area contributed by atoms with Crippen LogP contribution in [-0.2, 0) is 24.6 Å². The maximum absolute atomic E-state index is 5.03. The summed E-state index contributed by atoms with van der Waals surface area (Å²) < 4.78 is 2.42. The minimum Gasteiger partial charge on any atom is -0.264 e. The first-order chi connectivity index (χ1) is 22.7. The number of thiophene rings is 2. The third-order valence-corrected chi connectivity index (χ3v) is 14.2. The Morgan fingerprint density at radius 3 is 1.98 bits per heavy atom. The summed E-state index contributed by atoms with van der Waals surface area (Å²) >= 11 is 7.74. The van der Waals surface area contributed by atoms with Crippen molar-refractivity contribution in [2.45, 2.75) is 30.4 Å². The van der Waals surface area contributed by atoms with E-state index in [9.17, 15) is 0 Å². The molecule has 0 radical (unpaired) electrons. The molecule has 6 aromatic rings. The van der Waals surface area contributed by atoms with Crippen molar-refractivity contribution in [1.82, 2.24) is 19.8 Å². The summed E-state index contributed by atoms with van der Waals surface area (Å²) in [6, 6.07) is 22.5. The van der Waals surface area contributed by atoms with E-state index in [1.165, 1.54) is 63.3 Å². The van der Waals surface area contributed by atoms with E-state index in [4.69, 9.17) is 10.2 Å². The van der Waals surface area contributed by atoms with Gasteiger partial charge in [0.05, 0.1) is 12.4 Å². The van der Waals surface area contributed by atoms with Gasteiger partial charge in [0.2, 0.25) is 0 Å². The second-order valence-electron chi connectivity index (χ2n) is 12.2. The maximum atomic E-state index is 5.03. The van der Waals surface area contributed by atoms with Gasteiger partial charge in [0.25, 0.3) is 0 Å². The Labute approximate surface area is 282 Å². The molecule has 0 N–H and O–H groups in total. The molecule has 2 aromatic carbocycles. The molecule has 1 atom stereocenters. The van der Waals surface area contributed by atoms with Gasteiger partial charge < -0.3 is 0 Å². The molecule has 7 nitrogen and oxygen atoms in total. The molecule has 4 aromatic heterocycles. The fourth-order valence-electron chi connectivity index (χ4n) is 6.90. The van der Waals surface area contributed by atoms with Gasteiger partial charge in [-0.15, -0.1) is 46.2 Å². The highest BCUT2D eigenvalue weighted by atomic mass is 32.2. The number of fused-ring (bicyclic) bond motifs is 16. The molecule has 10 heterocycles. The number of aromatic nitrogens is 2. The van der Waals surface area contributed by atoms with Gasteiger partial charge in [-0.25, -0.2) is 14.4 Å². The Balaban J connectivity index is 0.964. The molecular weight excluding hydrogens is 647 g/mol. The van der Waals surface area contributed by atoms with Crippen molar-refractivity contribution in [3.63, 3.8) is 0 Å². The predicted molar refractivity (Wildman–Crippen MR) is 191 cm³/mol. The van der Waals surface area contributed by atoms with E-state index in [2.05, 4.69) is 85.0 Å². The van der Waals surface area contributed by atoms with Gasteiger partial charge in [-0.1, -0.05) is 48.5 Å². The second-order valence-corrected chi connectivity index (χ2v) is 16.3. The van der Waals surface area contributed by atoms with Crippen LogP contribution in [0.5, 0.6) is 0 Å². The Hall–Kier alpha value is -3.61. The molecule has 6 aliphatic rings. The van der Waals surface area contributed by atoms with Crippen molar-refractivity contribution in [3.8, 4) is 20.9 Å². The fraction of sp³-hybridized carbons (Fsp3) is 0.229. The van der Waals surface area contributed by atoms with Gasteiger partial charge in [0, 0.05) is 89.0 Å². The summed E-state index contributed by atoms with van der Waals surface area (Å²) in [4.78, 5) is 19.3.